The quantitative estimate of drug-likeness (QED) is 0.0864. The Labute approximate surface area is 240 Å². The van der Waals surface area contributed by atoms with Gasteiger partial charge in [0.15, 0.2) is 0 Å². The average molecular weight is 538 g/mol. The van der Waals surface area contributed by atoms with Crippen LogP contribution in [0.4, 0.5) is 0 Å². The molecular formula is C35H71NO2. The van der Waals surface area contributed by atoms with Gasteiger partial charge < -0.3 is 10.4 Å². The van der Waals surface area contributed by atoms with Crippen LogP contribution in [0.25, 0.3) is 0 Å². The molecule has 0 aromatic heterocycles. The molecule has 0 aliphatic heterocycles. The Bertz CT molecular complexity index is 467. The van der Waals surface area contributed by atoms with Gasteiger partial charge in [0.25, 0.3) is 0 Å². The van der Waals surface area contributed by atoms with E-state index in [1.807, 2.05) is 0 Å². The molecule has 0 fully saturated rings. The lowest BCUT2D eigenvalue weighted by atomic mass is 9.94. The Morgan fingerprint density at radius 1 is 0.526 bits per heavy atom. The number of hydrogen-bond donors (Lipinski definition) is 2. The summed E-state index contributed by atoms with van der Waals surface area (Å²) in [5, 5.41) is 12.9. The van der Waals surface area contributed by atoms with Crippen LogP contribution in [0.5, 0.6) is 0 Å². The molecule has 0 spiro atoms. The summed E-state index contributed by atoms with van der Waals surface area (Å²) in [6, 6.07) is -0.0817. The third-order valence-electron chi connectivity index (χ3n) is 8.50. The monoisotopic (exact) mass is 538 g/mol. The van der Waals surface area contributed by atoms with Gasteiger partial charge in [0.1, 0.15) is 0 Å². The van der Waals surface area contributed by atoms with E-state index in [2.05, 4.69) is 26.1 Å². The minimum absolute atomic E-state index is 0.0595. The highest BCUT2D eigenvalue weighted by molar-refractivity contribution is 5.76. The number of rotatable bonds is 31. The summed E-state index contributed by atoms with van der Waals surface area (Å²) in [5.74, 6) is 0.479. The van der Waals surface area contributed by atoms with Crippen molar-refractivity contribution in [2.24, 2.45) is 5.92 Å². The molecule has 0 aromatic rings. The molecule has 0 bridgehead atoms. The van der Waals surface area contributed by atoms with Gasteiger partial charge in [-0.3, -0.25) is 4.79 Å². The van der Waals surface area contributed by atoms with E-state index in [1.165, 1.54) is 154 Å². The first-order chi connectivity index (χ1) is 18.7. The Morgan fingerprint density at radius 2 is 0.842 bits per heavy atom. The number of hydrogen-bond acceptors (Lipinski definition) is 2. The van der Waals surface area contributed by atoms with Crippen LogP contribution in [0.2, 0.25) is 0 Å². The smallest absolute Gasteiger partial charge is 0.220 e. The lowest BCUT2D eigenvalue weighted by Gasteiger charge is -2.23. The molecule has 0 aliphatic carbocycles. The van der Waals surface area contributed by atoms with E-state index < -0.39 is 0 Å². The summed E-state index contributed by atoms with van der Waals surface area (Å²) < 4.78 is 0. The first kappa shape index (κ1) is 37.4. The van der Waals surface area contributed by atoms with Crippen molar-refractivity contribution in [1.29, 1.82) is 0 Å². The van der Waals surface area contributed by atoms with Gasteiger partial charge in [0.2, 0.25) is 5.91 Å². The molecule has 3 nitrogen and oxygen atoms in total. The highest BCUT2D eigenvalue weighted by Gasteiger charge is 2.18. The summed E-state index contributed by atoms with van der Waals surface area (Å²) in [6.07, 6.45) is 36.8. The van der Waals surface area contributed by atoms with Crippen molar-refractivity contribution in [1.82, 2.24) is 5.32 Å². The van der Waals surface area contributed by atoms with Crippen molar-refractivity contribution in [3.05, 3.63) is 0 Å². The van der Waals surface area contributed by atoms with Crippen LogP contribution in [0.3, 0.4) is 0 Å². The van der Waals surface area contributed by atoms with Crippen LogP contribution >= 0.6 is 0 Å². The summed E-state index contributed by atoms with van der Waals surface area (Å²) in [6.45, 7) is 6.81. The molecule has 0 rings (SSSR count). The third-order valence-corrected chi connectivity index (χ3v) is 8.50. The number of nitrogens with one attached hydrogen (secondary N) is 1. The van der Waals surface area contributed by atoms with Crippen molar-refractivity contribution in [2.75, 3.05) is 6.61 Å². The number of carbonyl (C=O) groups is 1. The maximum Gasteiger partial charge on any atom is 0.220 e. The lowest BCUT2D eigenvalue weighted by Crippen LogP contribution is -2.42. The summed E-state index contributed by atoms with van der Waals surface area (Å²) in [4.78, 5) is 12.4. The van der Waals surface area contributed by atoms with Crippen LogP contribution in [-0.2, 0) is 4.79 Å². The zero-order valence-corrected chi connectivity index (χ0v) is 26.5. The SMILES string of the molecule is CCCCCCCCCCCCCCCC(=O)N[C@@H](CO)C(C)CCCCCCCCCCCCCCC. The average Bonchev–Trinajstić information content (AvgIpc) is 2.92. The molecule has 228 valence electrons. The molecule has 0 aromatic carbocycles. The fraction of sp³-hybridized carbons (Fsp3) is 0.971. The van der Waals surface area contributed by atoms with Crippen LogP contribution in [0.15, 0.2) is 0 Å². The maximum absolute atomic E-state index is 12.4. The van der Waals surface area contributed by atoms with Crippen molar-refractivity contribution < 1.29 is 9.90 Å². The second-order valence-electron chi connectivity index (χ2n) is 12.4. The Kier molecular flexibility index (Phi) is 30.5. The highest BCUT2D eigenvalue weighted by atomic mass is 16.3. The first-order valence-corrected chi connectivity index (χ1v) is 17.6. The largest absolute Gasteiger partial charge is 0.394 e. The standard InChI is InChI=1S/C35H71NO2/c1-4-6-8-10-12-14-16-18-20-22-24-26-28-30-33(3)34(32-37)36-35(38)31-29-27-25-23-21-19-17-15-13-11-9-7-5-2/h33-34,37H,4-32H2,1-3H3,(H,36,38)/t33?,34-/m0/s1. The molecule has 38 heavy (non-hydrogen) atoms. The van der Waals surface area contributed by atoms with Gasteiger partial charge in [-0.25, -0.2) is 0 Å². The number of carbonyl (C=O) groups excluding carboxylic acids is 1. The van der Waals surface area contributed by atoms with Crippen LogP contribution < -0.4 is 5.32 Å². The molecule has 0 radical (unpaired) electrons. The second kappa shape index (κ2) is 31.0. The number of aliphatic hydroxyl groups is 1. The van der Waals surface area contributed by atoms with Gasteiger partial charge in [0, 0.05) is 6.42 Å². The number of aliphatic hydroxyl groups excluding tert-OH is 1. The van der Waals surface area contributed by atoms with Gasteiger partial charge in [0.05, 0.1) is 12.6 Å². The van der Waals surface area contributed by atoms with E-state index in [0.29, 0.717) is 12.3 Å². The minimum atomic E-state index is -0.0817. The fourth-order valence-corrected chi connectivity index (χ4v) is 5.64. The van der Waals surface area contributed by atoms with Crippen molar-refractivity contribution in [3.8, 4) is 0 Å². The summed E-state index contributed by atoms with van der Waals surface area (Å²) in [5.41, 5.74) is 0. The second-order valence-corrected chi connectivity index (χ2v) is 12.4. The van der Waals surface area contributed by atoms with Crippen LogP contribution in [0.1, 0.15) is 201 Å². The van der Waals surface area contributed by atoms with Gasteiger partial charge in [-0.1, -0.05) is 181 Å². The lowest BCUT2D eigenvalue weighted by molar-refractivity contribution is -0.122. The van der Waals surface area contributed by atoms with E-state index in [1.54, 1.807) is 0 Å². The minimum Gasteiger partial charge on any atom is -0.394 e. The predicted octanol–water partition coefficient (Wildman–Crippen LogP) is 11.1. The fourth-order valence-electron chi connectivity index (χ4n) is 5.64. The zero-order valence-electron chi connectivity index (χ0n) is 26.5. The molecule has 0 saturated heterocycles. The first-order valence-electron chi connectivity index (χ1n) is 17.6. The van der Waals surface area contributed by atoms with Gasteiger partial charge >= 0.3 is 0 Å². The topological polar surface area (TPSA) is 49.3 Å². The normalized spacial score (nSPS) is 13.1. The van der Waals surface area contributed by atoms with E-state index in [4.69, 9.17) is 0 Å². The predicted molar refractivity (Wildman–Crippen MR) is 169 cm³/mol. The summed E-state index contributed by atoms with van der Waals surface area (Å²) >= 11 is 0. The molecule has 0 saturated carbocycles. The van der Waals surface area contributed by atoms with Crippen molar-refractivity contribution >= 4 is 5.91 Å². The van der Waals surface area contributed by atoms with Crippen LogP contribution in [0, 0.1) is 5.92 Å². The molecule has 0 heterocycles. The molecule has 0 aliphatic rings. The number of amides is 1. The third kappa shape index (κ3) is 27.0. The zero-order chi connectivity index (χ0) is 27.9. The van der Waals surface area contributed by atoms with Crippen molar-refractivity contribution in [2.45, 2.75) is 207 Å². The molecule has 2 N–H and O–H groups in total. The summed E-state index contributed by atoms with van der Waals surface area (Å²) in [7, 11) is 0. The Hall–Kier alpha value is -0.570. The number of unbranched alkanes of at least 4 members (excludes halogenated alkanes) is 24. The van der Waals surface area contributed by atoms with Gasteiger partial charge in [-0.05, 0) is 18.8 Å². The van der Waals surface area contributed by atoms with E-state index >= 15 is 0 Å². The van der Waals surface area contributed by atoms with Gasteiger partial charge in [-0.15, -0.1) is 0 Å². The molecule has 1 amide bonds. The molecule has 3 heteroatoms. The van der Waals surface area contributed by atoms with E-state index in [9.17, 15) is 9.90 Å². The van der Waals surface area contributed by atoms with Crippen LogP contribution in [-0.4, -0.2) is 23.7 Å². The van der Waals surface area contributed by atoms with E-state index in [-0.39, 0.29) is 18.6 Å². The Balaban J connectivity index is 3.55. The van der Waals surface area contributed by atoms with Gasteiger partial charge in [-0.2, -0.15) is 0 Å². The maximum atomic E-state index is 12.4. The molecule has 2 atom stereocenters. The van der Waals surface area contributed by atoms with Crippen molar-refractivity contribution in [3.63, 3.8) is 0 Å². The van der Waals surface area contributed by atoms with E-state index in [0.717, 1.165) is 19.3 Å². The highest BCUT2D eigenvalue weighted by Crippen LogP contribution is 2.17. The molecular weight excluding hydrogens is 466 g/mol. The Morgan fingerprint density at radius 3 is 1.18 bits per heavy atom. The molecule has 1 unspecified atom stereocenters.